The number of nitrogens with zero attached hydrogens (tertiary/aromatic N) is 2. The molecule has 0 fully saturated rings. The zero-order valence-electron chi connectivity index (χ0n) is 11.5. The minimum atomic E-state index is 0.212. The van der Waals surface area contributed by atoms with Gasteiger partial charge in [-0.2, -0.15) is 0 Å². The summed E-state index contributed by atoms with van der Waals surface area (Å²) in [5, 5.41) is 3.91. The number of anilines is 3. The Balaban J connectivity index is 2.37. The third-order valence-corrected chi connectivity index (χ3v) is 3.85. The highest BCUT2D eigenvalue weighted by molar-refractivity contribution is 9.10. The standard InChI is InChI=1S/C14H16BrClN4/c1-7(2)14-19-12(17)6-13(20-14)18-11-5-10(16)8(3)4-9(11)15/h4-7H,1-3H3,(H3,17,18,19,20). The Labute approximate surface area is 131 Å². The van der Waals surface area contributed by atoms with Gasteiger partial charge in [0.1, 0.15) is 17.5 Å². The number of benzene rings is 1. The smallest absolute Gasteiger partial charge is 0.136 e. The summed E-state index contributed by atoms with van der Waals surface area (Å²) in [6.07, 6.45) is 0. The first-order valence-electron chi connectivity index (χ1n) is 6.24. The van der Waals surface area contributed by atoms with Crippen LogP contribution >= 0.6 is 27.5 Å². The van der Waals surface area contributed by atoms with Crippen molar-refractivity contribution in [3.63, 3.8) is 0 Å². The molecule has 0 saturated heterocycles. The molecule has 1 aromatic heterocycles. The first-order chi connectivity index (χ1) is 9.36. The monoisotopic (exact) mass is 354 g/mol. The molecule has 1 aromatic carbocycles. The molecule has 2 aromatic rings. The highest BCUT2D eigenvalue weighted by atomic mass is 79.9. The summed E-state index contributed by atoms with van der Waals surface area (Å²) in [7, 11) is 0. The lowest BCUT2D eigenvalue weighted by Crippen LogP contribution is -2.05. The molecule has 0 aliphatic heterocycles. The third kappa shape index (κ3) is 3.41. The van der Waals surface area contributed by atoms with E-state index >= 15 is 0 Å². The SMILES string of the molecule is Cc1cc(Br)c(Nc2cc(N)nc(C(C)C)n2)cc1Cl. The predicted molar refractivity (Wildman–Crippen MR) is 87.7 cm³/mol. The molecule has 20 heavy (non-hydrogen) atoms. The van der Waals surface area contributed by atoms with E-state index in [-0.39, 0.29) is 5.92 Å². The maximum atomic E-state index is 6.15. The minimum absolute atomic E-state index is 0.212. The van der Waals surface area contributed by atoms with Crippen LogP contribution < -0.4 is 11.1 Å². The molecule has 0 aliphatic carbocycles. The topological polar surface area (TPSA) is 63.8 Å². The summed E-state index contributed by atoms with van der Waals surface area (Å²) in [6, 6.07) is 5.51. The van der Waals surface area contributed by atoms with Crippen LogP contribution in [0.15, 0.2) is 22.7 Å². The molecule has 3 N–H and O–H groups in total. The van der Waals surface area contributed by atoms with Crippen molar-refractivity contribution in [1.82, 2.24) is 9.97 Å². The van der Waals surface area contributed by atoms with Crippen molar-refractivity contribution in [1.29, 1.82) is 0 Å². The van der Waals surface area contributed by atoms with Crippen LogP contribution in [0.5, 0.6) is 0 Å². The maximum absolute atomic E-state index is 6.15. The van der Waals surface area contributed by atoms with Gasteiger partial charge in [0.25, 0.3) is 0 Å². The third-order valence-electron chi connectivity index (χ3n) is 2.79. The van der Waals surface area contributed by atoms with E-state index < -0.39 is 0 Å². The second-order valence-corrected chi connectivity index (χ2v) is 6.16. The Morgan fingerprint density at radius 1 is 1.25 bits per heavy atom. The summed E-state index contributed by atoms with van der Waals surface area (Å²) in [4.78, 5) is 8.67. The van der Waals surface area contributed by atoms with Gasteiger partial charge in [-0.05, 0) is 40.5 Å². The Hall–Kier alpha value is -1.33. The summed E-state index contributed by atoms with van der Waals surface area (Å²) in [6.45, 7) is 6.00. The zero-order valence-corrected chi connectivity index (χ0v) is 13.9. The van der Waals surface area contributed by atoms with Crippen molar-refractivity contribution in [3.05, 3.63) is 39.1 Å². The number of aryl methyl sites for hydroxylation is 1. The Morgan fingerprint density at radius 3 is 2.60 bits per heavy atom. The lowest BCUT2D eigenvalue weighted by molar-refractivity contribution is 0.779. The number of hydrogen-bond donors (Lipinski definition) is 2. The number of aromatic nitrogens is 2. The molecule has 0 spiro atoms. The van der Waals surface area contributed by atoms with Gasteiger partial charge in [0.15, 0.2) is 0 Å². The van der Waals surface area contributed by atoms with Crippen molar-refractivity contribution >= 4 is 44.9 Å². The summed E-state index contributed by atoms with van der Waals surface area (Å²) in [5.41, 5.74) is 7.66. The molecule has 0 amide bonds. The normalized spacial score (nSPS) is 10.9. The summed E-state index contributed by atoms with van der Waals surface area (Å²) >= 11 is 9.66. The second-order valence-electron chi connectivity index (χ2n) is 4.90. The van der Waals surface area contributed by atoms with Crippen LogP contribution in [-0.4, -0.2) is 9.97 Å². The lowest BCUT2D eigenvalue weighted by Gasteiger charge is -2.12. The maximum Gasteiger partial charge on any atom is 0.136 e. The highest BCUT2D eigenvalue weighted by Crippen LogP contribution is 2.31. The molecule has 0 radical (unpaired) electrons. The van der Waals surface area contributed by atoms with Gasteiger partial charge < -0.3 is 11.1 Å². The van der Waals surface area contributed by atoms with E-state index in [2.05, 4.69) is 31.2 Å². The fourth-order valence-corrected chi connectivity index (χ4v) is 2.41. The second kappa shape index (κ2) is 5.97. The van der Waals surface area contributed by atoms with Crippen molar-refractivity contribution in [2.45, 2.75) is 26.7 Å². The van der Waals surface area contributed by atoms with E-state index in [9.17, 15) is 0 Å². The number of nitrogen functional groups attached to an aromatic ring is 1. The molecule has 0 saturated carbocycles. The average molecular weight is 356 g/mol. The van der Waals surface area contributed by atoms with Crippen molar-refractivity contribution < 1.29 is 0 Å². The van der Waals surface area contributed by atoms with Crippen molar-refractivity contribution in [2.24, 2.45) is 0 Å². The van der Waals surface area contributed by atoms with Crippen LogP contribution in [0.1, 0.15) is 31.2 Å². The number of nitrogens with two attached hydrogens (primary N) is 1. The van der Waals surface area contributed by atoms with Gasteiger partial charge in [-0.25, -0.2) is 9.97 Å². The first-order valence-corrected chi connectivity index (χ1v) is 7.41. The van der Waals surface area contributed by atoms with Gasteiger partial charge >= 0.3 is 0 Å². The van der Waals surface area contributed by atoms with Gasteiger partial charge in [-0.1, -0.05) is 25.4 Å². The van der Waals surface area contributed by atoms with Gasteiger partial charge in [0, 0.05) is 21.5 Å². The summed E-state index contributed by atoms with van der Waals surface area (Å²) < 4.78 is 0.919. The molecule has 0 atom stereocenters. The van der Waals surface area contributed by atoms with Crippen LogP contribution in [0.3, 0.4) is 0 Å². The molecule has 6 heteroatoms. The minimum Gasteiger partial charge on any atom is -0.384 e. The van der Waals surface area contributed by atoms with E-state index in [1.807, 2.05) is 32.9 Å². The average Bonchev–Trinajstić information content (AvgIpc) is 2.35. The van der Waals surface area contributed by atoms with E-state index in [4.69, 9.17) is 17.3 Å². The fourth-order valence-electron chi connectivity index (χ4n) is 1.69. The largest absolute Gasteiger partial charge is 0.384 e. The quantitative estimate of drug-likeness (QED) is 0.841. The predicted octanol–water partition coefficient (Wildman–Crippen LogP) is 4.65. The van der Waals surface area contributed by atoms with Crippen molar-refractivity contribution in [2.75, 3.05) is 11.1 Å². The van der Waals surface area contributed by atoms with E-state index in [1.54, 1.807) is 6.07 Å². The number of rotatable bonds is 3. The van der Waals surface area contributed by atoms with Crippen LogP contribution in [0, 0.1) is 6.92 Å². The Bertz CT molecular complexity index is 643. The van der Waals surface area contributed by atoms with E-state index in [1.165, 1.54) is 0 Å². The van der Waals surface area contributed by atoms with Crippen LogP contribution in [-0.2, 0) is 0 Å². The molecule has 1 heterocycles. The molecule has 106 valence electrons. The zero-order chi connectivity index (χ0) is 14.9. The summed E-state index contributed by atoms with van der Waals surface area (Å²) in [5.74, 6) is 2.02. The molecular weight excluding hydrogens is 340 g/mol. The first kappa shape index (κ1) is 15.1. The van der Waals surface area contributed by atoms with Gasteiger partial charge in [0.2, 0.25) is 0 Å². The molecule has 4 nitrogen and oxygen atoms in total. The van der Waals surface area contributed by atoms with E-state index in [0.29, 0.717) is 22.5 Å². The van der Waals surface area contributed by atoms with E-state index in [0.717, 1.165) is 15.7 Å². The fraction of sp³-hybridized carbons (Fsp3) is 0.286. The van der Waals surface area contributed by atoms with Crippen LogP contribution in [0.25, 0.3) is 0 Å². The van der Waals surface area contributed by atoms with Gasteiger partial charge in [-0.3, -0.25) is 0 Å². The highest BCUT2D eigenvalue weighted by Gasteiger charge is 2.09. The molecule has 0 bridgehead atoms. The number of halogens is 2. The Morgan fingerprint density at radius 2 is 1.95 bits per heavy atom. The lowest BCUT2D eigenvalue weighted by atomic mass is 10.2. The molecular formula is C14H16BrClN4. The Kier molecular flexibility index (Phi) is 4.50. The van der Waals surface area contributed by atoms with Crippen LogP contribution in [0.4, 0.5) is 17.3 Å². The van der Waals surface area contributed by atoms with Gasteiger partial charge in [-0.15, -0.1) is 0 Å². The van der Waals surface area contributed by atoms with Crippen molar-refractivity contribution in [3.8, 4) is 0 Å². The number of hydrogen-bond acceptors (Lipinski definition) is 4. The van der Waals surface area contributed by atoms with Gasteiger partial charge in [0.05, 0.1) is 5.69 Å². The molecule has 0 unspecified atom stereocenters. The molecule has 0 aliphatic rings. The molecule has 2 rings (SSSR count). The number of nitrogens with one attached hydrogen (secondary N) is 1. The van der Waals surface area contributed by atoms with Crippen LogP contribution in [0.2, 0.25) is 5.02 Å².